The summed E-state index contributed by atoms with van der Waals surface area (Å²) in [7, 11) is 0. The van der Waals surface area contributed by atoms with Crippen LogP contribution in [0.15, 0.2) is 209 Å². The maximum absolute atomic E-state index is 6.98. The molecule has 3 aromatic heterocycles. The van der Waals surface area contributed by atoms with Gasteiger partial charge in [0, 0.05) is 61.1 Å². The standard InChI is InChI=1S/C57H34N4O/c1-3-13-34(14-4-1)54-45-33-48(58-57(59-54)38-24-28-50-46(30-38)40-19-9-11-21-49(40)60(50)39-17-5-2-6-18-39)44-27-26-43-42-20-10-12-22-53(42)62-56(43)55(44)61-51-32-37(45)23-25-41(51)47-29-35-15-7-8-16-36(35)31-52(47)61/h1-32H,33H2. The van der Waals surface area contributed by atoms with E-state index in [-0.39, 0.29) is 0 Å². The summed E-state index contributed by atoms with van der Waals surface area (Å²) in [6, 6.07) is 69.8. The highest BCUT2D eigenvalue weighted by Crippen LogP contribution is 2.45. The molecule has 0 radical (unpaired) electrons. The van der Waals surface area contributed by atoms with Crippen LogP contribution in [0.3, 0.4) is 0 Å². The van der Waals surface area contributed by atoms with Crippen LogP contribution in [0, 0.1) is 0 Å². The number of hydrogen-bond acceptors (Lipinski definition) is 3. The molecule has 0 amide bonds. The highest BCUT2D eigenvalue weighted by molar-refractivity contribution is 6.26. The minimum absolute atomic E-state index is 0.572. The highest BCUT2D eigenvalue weighted by Gasteiger charge is 2.29. The lowest BCUT2D eigenvalue weighted by molar-refractivity contribution is 0.666. The Kier molecular flexibility index (Phi) is 6.83. The van der Waals surface area contributed by atoms with Crippen molar-refractivity contribution in [2.24, 2.45) is 9.98 Å². The van der Waals surface area contributed by atoms with E-state index in [0.29, 0.717) is 12.3 Å². The number of amidine groups is 1. The van der Waals surface area contributed by atoms with Gasteiger partial charge in [-0.3, -0.25) is 0 Å². The maximum atomic E-state index is 6.98. The maximum Gasteiger partial charge on any atom is 0.160 e. The third-order valence-electron chi connectivity index (χ3n) is 13.1. The predicted molar refractivity (Wildman–Crippen MR) is 257 cm³/mol. The lowest BCUT2D eigenvalue weighted by atomic mass is 9.92. The van der Waals surface area contributed by atoms with Crippen LogP contribution < -0.4 is 0 Å². The molecule has 288 valence electrons. The fraction of sp³-hybridized carbons (Fsp3) is 0.0175. The van der Waals surface area contributed by atoms with Gasteiger partial charge in [0.05, 0.1) is 39.2 Å². The van der Waals surface area contributed by atoms with Crippen molar-refractivity contribution in [2.75, 3.05) is 0 Å². The summed E-state index contributed by atoms with van der Waals surface area (Å²) in [5, 5.41) is 9.32. The fourth-order valence-corrected chi connectivity index (χ4v) is 10.3. The molecule has 0 saturated carbocycles. The van der Waals surface area contributed by atoms with Gasteiger partial charge in [-0.15, -0.1) is 0 Å². The highest BCUT2D eigenvalue weighted by atomic mass is 16.3. The van der Waals surface area contributed by atoms with Crippen molar-refractivity contribution in [3.8, 4) is 11.4 Å². The van der Waals surface area contributed by atoms with Crippen LogP contribution in [-0.4, -0.2) is 20.7 Å². The first kappa shape index (κ1) is 33.5. The van der Waals surface area contributed by atoms with E-state index < -0.39 is 0 Å². The van der Waals surface area contributed by atoms with E-state index in [0.717, 1.165) is 100 Å². The number of aliphatic imine (C=N–C) groups is 2. The quantitative estimate of drug-likeness (QED) is 0.176. The van der Waals surface area contributed by atoms with Gasteiger partial charge in [-0.1, -0.05) is 127 Å². The summed E-state index contributed by atoms with van der Waals surface area (Å²) in [4.78, 5) is 11.4. The average Bonchev–Trinajstić information content (AvgIpc) is 3.92. The van der Waals surface area contributed by atoms with Crippen LogP contribution in [0.1, 0.15) is 28.7 Å². The Labute approximate surface area is 355 Å². The van der Waals surface area contributed by atoms with Gasteiger partial charge in [0.2, 0.25) is 0 Å². The summed E-state index contributed by atoms with van der Waals surface area (Å²) in [6.07, 6.45) is 0.572. The van der Waals surface area contributed by atoms with Crippen molar-refractivity contribution in [1.82, 2.24) is 9.13 Å². The molecule has 14 rings (SSSR count). The largest absolute Gasteiger partial charge is 0.454 e. The number of fused-ring (bicyclic) bond motifs is 18. The summed E-state index contributed by atoms with van der Waals surface area (Å²) >= 11 is 0. The number of nitrogens with zero attached hydrogens (tertiary/aromatic N) is 4. The molecule has 9 aromatic carbocycles. The van der Waals surface area contributed by atoms with E-state index in [4.69, 9.17) is 14.4 Å². The van der Waals surface area contributed by atoms with Crippen molar-refractivity contribution in [2.45, 2.75) is 6.42 Å². The fourth-order valence-electron chi connectivity index (χ4n) is 10.3. The zero-order valence-electron chi connectivity index (χ0n) is 33.4. The molecule has 0 fully saturated rings. The smallest absolute Gasteiger partial charge is 0.160 e. The minimum Gasteiger partial charge on any atom is -0.454 e. The lowest BCUT2D eigenvalue weighted by Crippen LogP contribution is -2.10. The molecule has 0 saturated heterocycles. The number of aromatic nitrogens is 2. The third-order valence-corrected chi connectivity index (χ3v) is 13.1. The molecular formula is C57H34N4O. The van der Waals surface area contributed by atoms with Crippen LogP contribution in [0.2, 0.25) is 0 Å². The lowest BCUT2D eigenvalue weighted by Gasteiger charge is -2.16. The van der Waals surface area contributed by atoms with E-state index in [2.05, 4.69) is 197 Å². The van der Waals surface area contributed by atoms with Crippen molar-refractivity contribution >= 4 is 99.1 Å². The number of rotatable bonds is 3. The third kappa shape index (κ3) is 4.73. The predicted octanol–water partition coefficient (Wildman–Crippen LogP) is 14.5. The molecule has 0 atom stereocenters. The van der Waals surface area contributed by atoms with E-state index in [9.17, 15) is 0 Å². The molecule has 5 heterocycles. The van der Waals surface area contributed by atoms with Crippen LogP contribution in [0.25, 0.3) is 99.0 Å². The molecule has 0 unspecified atom stereocenters. The number of hydrogen-bond donors (Lipinski definition) is 0. The average molecular weight is 791 g/mol. The molecule has 0 N–H and O–H groups in total. The number of allylic oxidation sites excluding steroid dienone is 1. The molecule has 62 heavy (non-hydrogen) atoms. The molecule has 2 aliphatic heterocycles. The Morgan fingerprint density at radius 1 is 0.419 bits per heavy atom. The summed E-state index contributed by atoms with van der Waals surface area (Å²) < 4.78 is 11.8. The zero-order valence-corrected chi connectivity index (χ0v) is 33.4. The van der Waals surface area contributed by atoms with Gasteiger partial charge in [0.1, 0.15) is 5.58 Å². The molecule has 12 aromatic rings. The SMILES string of the molecule is c1ccc(C2=C3CC(=NC(c4ccc5c(c4)c4ccccc4n5-c4ccccc4)=N2)c2ccc4c(oc5ccccc54)c2-n2c4cc3ccc4c3cc4ccccc4cc32)cc1. The number of benzene rings is 9. The van der Waals surface area contributed by atoms with Gasteiger partial charge in [-0.25, -0.2) is 9.98 Å². The second kappa shape index (κ2) is 12.6. The Morgan fingerprint density at radius 2 is 1.08 bits per heavy atom. The second-order valence-corrected chi connectivity index (χ2v) is 16.5. The molecular weight excluding hydrogens is 757 g/mol. The summed E-state index contributed by atoms with van der Waals surface area (Å²) in [5.74, 6) is 0.674. The second-order valence-electron chi connectivity index (χ2n) is 16.5. The van der Waals surface area contributed by atoms with E-state index in [1.165, 1.54) is 26.9 Å². The Bertz CT molecular complexity index is 3990. The molecule has 5 heteroatoms. The summed E-state index contributed by atoms with van der Waals surface area (Å²) in [6.45, 7) is 0. The first-order valence-corrected chi connectivity index (χ1v) is 21.2. The van der Waals surface area contributed by atoms with Gasteiger partial charge < -0.3 is 13.6 Å². The Morgan fingerprint density at radius 3 is 1.95 bits per heavy atom. The zero-order chi connectivity index (χ0) is 40.5. The topological polar surface area (TPSA) is 47.7 Å². The minimum atomic E-state index is 0.572. The van der Waals surface area contributed by atoms with Crippen LogP contribution >= 0.6 is 0 Å². The molecule has 0 spiro atoms. The van der Waals surface area contributed by atoms with Crippen LogP contribution in [0.5, 0.6) is 0 Å². The van der Waals surface area contributed by atoms with E-state index >= 15 is 0 Å². The van der Waals surface area contributed by atoms with Crippen molar-refractivity contribution < 1.29 is 4.42 Å². The van der Waals surface area contributed by atoms with Gasteiger partial charge in [-0.05, 0) is 88.6 Å². The van der Waals surface area contributed by atoms with E-state index in [1.807, 2.05) is 6.07 Å². The van der Waals surface area contributed by atoms with Crippen LogP contribution in [-0.2, 0) is 0 Å². The van der Waals surface area contributed by atoms with Gasteiger partial charge in [0.25, 0.3) is 0 Å². The van der Waals surface area contributed by atoms with Gasteiger partial charge >= 0.3 is 0 Å². The Balaban J connectivity index is 1.11. The normalized spacial score (nSPS) is 13.9. The number of furan rings is 1. The first-order chi connectivity index (χ1) is 30.7. The molecule has 2 aliphatic rings. The summed E-state index contributed by atoms with van der Waals surface area (Å²) in [5.41, 5.74) is 15.5. The van der Waals surface area contributed by atoms with Crippen LogP contribution in [0.4, 0.5) is 0 Å². The molecule has 0 aliphatic carbocycles. The van der Waals surface area contributed by atoms with Crippen molar-refractivity contribution in [3.05, 3.63) is 216 Å². The van der Waals surface area contributed by atoms with E-state index in [1.54, 1.807) is 0 Å². The molecule has 4 bridgehead atoms. The Hall–Kier alpha value is -8.28. The van der Waals surface area contributed by atoms with Crippen molar-refractivity contribution in [3.63, 3.8) is 0 Å². The molecule has 5 nitrogen and oxygen atoms in total. The van der Waals surface area contributed by atoms with Crippen molar-refractivity contribution in [1.29, 1.82) is 0 Å². The van der Waals surface area contributed by atoms with Gasteiger partial charge in [0.15, 0.2) is 11.4 Å². The number of para-hydroxylation sites is 3. The van der Waals surface area contributed by atoms with Gasteiger partial charge in [-0.2, -0.15) is 0 Å². The monoisotopic (exact) mass is 790 g/mol. The first-order valence-electron chi connectivity index (χ1n) is 21.2.